The fraction of sp³-hybridized carbons (Fsp3) is 0. The number of rotatable bonds is 4. The van der Waals surface area contributed by atoms with E-state index >= 15 is 0 Å². The van der Waals surface area contributed by atoms with Crippen molar-refractivity contribution in [3.05, 3.63) is 62.1 Å². The van der Waals surface area contributed by atoms with Crippen molar-refractivity contribution in [3.8, 4) is 0 Å². The van der Waals surface area contributed by atoms with Gasteiger partial charge in [0.05, 0.1) is 14.8 Å². The first kappa shape index (κ1) is 15.6. The van der Waals surface area contributed by atoms with E-state index in [1.165, 1.54) is 18.2 Å². The summed E-state index contributed by atoms with van der Waals surface area (Å²) in [5, 5.41) is 21.0. The van der Waals surface area contributed by atoms with Crippen molar-refractivity contribution in [3.63, 3.8) is 0 Å². The summed E-state index contributed by atoms with van der Waals surface area (Å²) in [7, 11) is 0. The molecule has 8 heteroatoms. The van der Waals surface area contributed by atoms with E-state index in [-0.39, 0.29) is 10.5 Å². The molecule has 2 aromatic rings. The van der Waals surface area contributed by atoms with E-state index in [1.54, 1.807) is 18.2 Å². The third-order valence-electron chi connectivity index (χ3n) is 2.53. The molecule has 0 radical (unpaired) electrons. The third-order valence-corrected chi connectivity index (χ3v) is 4.31. The molecule has 0 bridgehead atoms. The van der Waals surface area contributed by atoms with Crippen LogP contribution in [0.15, 0.2) is 46.2 Å². The zero-order valence-corrected chi connectivity index (χ0v) is 12.6. The molecule has 1 N–H and O–H groups in total. The molecule has 0 saturated carbocycles. The molecular weight excluding hydrogens is 337 g/mol. The van der Waals surface area contributed by atoms with Crippen LogP contribution in [-0.4, -0.2) is 16.0 Å². The first-order chi connectivity index (χ1) is 9.90. The average Bonchev–Trinajstić information content (AvgIpc) is 2.42. The minimum absolute atomic E-state index is 0.184. The Morgan fingerprint density at radius 1 is 1.19 bits per heavy atom. The van der Waals surface area contributed by atoms with E-state index in [0.29, 0.717) is 14.9 Å². The number of carbonyl (C=O) groups is 1. The third kappa shape index (κ3) is 3.47. The second kappa shape index (κ2) is 6.34. The monoisotopic (exact) mass is 343 g/mol. The van der Waals surface area contributed by atoms with E-state index in [1.807, 2.05) is 0 Å². The zero-order valence-electron chi connectivity index (χ0n) is 10.2. The highest BCUT2D eigenvalue weighted by Crippen LogP contribution is 2.40. The average molecular weight is 344 g/mol. The Hall–Kier alpha value is -1.76. The number of benzene rings is 2. The first-order valence-electron chi connectivity index (χ1n) is 5.53. The second-order valence-electron chi connectivity index (χ2n) is 3.89. The SMILES string of the molecule is O=C(O)c1cccc(Sc2cc(Cl)ccc2Cl)c1[N+](=O)[O-]. The van der Waals surface area contributed by atoms with Gasteiger partial charge in [0, 0.05) is 9.92 Å². The van der Waals surface area contributed by atoms with Crippen molar-refractivity contribution in [1.29, 1.82) is 0 Å². The van der Waals surface area contributed by atoms with Gasteiger partial charge in [0.15, 0.2) is 0 Å². The van der Waals surface area contributed by atoms with Crippen LogP contribution in [0.2, 0.25) is 10.0 Å². The summed E-state index contributed by atoms with van der Waals surface area (Å²) in [6.07, 6.45) is 0. The Labute approximate surface area is 133 Å². The van der Waals surface area contributed by atoms with Gasteiger partial charge in [0.25, 0.3) is 5.69 Å². The Kier molecular flexibility index (Phi) is 4.72. The molecule has 0 aliphatic heterocycles. The topological polar surface area (TPSA) is 80.4 Å². The maximum atomic E-state index is 11.2. The summed E-state index contributed by atoms with van der Waals surface area (Å²) >= 11 is 12.9. The summed E-state index contributed by atoms with van der Waals surface area (Å²) in [5.74, 6) is -1.36. The van der Waals surface area contributed by atoms with Gasteiger partial charge in [-0.1, -0.05) is 41.0 Å². The van der Waals surface area contributed by atoms with Crippen LogP contribution in [0, 0.1) is 10.1 Å². The van der Waals surface area contributed by atoms with E-state index in [4.69, 9.17) is 28.3 Å². The number of para-hydroxylation sites is 1. The number of hydrogen-bond acceptors (Lipinski definition) is 4. The fourth-order valence-corrected chi connectivity index (χ4v) is 3.13. The van der Waals surface area contributed by atoms with Gasteiger partial charge in [-0.05, 0) is 30.3 Å². The normalized spacial score (nSPS) is 10.4. The summed E-state index contributed by atoms with van der Waals surface area (Å²) in [6, 6.07) is 8.81. The molecule has 0 aliphatic rings. The zero-order chi connectivity index (χ0) is 15.6. The maximum absolute atomic E-state index is 11.2. The number of aromatic carboxylic acids is 1. The molecule has 0 saturated heterocycles. The lowest BCUT2D eigenvalue weighted by atomic mass is 10.2. The molecule has 2 aromatic carbocycles. The van der Waals surface area contributed by atoms with Gasteiger partial charge in [0.2, 0.25) is 0 Å². The van der Waals surface area contributed by atoms with E-state index in [9.17, 15) is 14.9 Å². The van der Waals surface area contributed by atoms with Gasteiger partial charge in [-0.3, -0.25) is 10.1 Å². The number of halogens is 2. The van der Waals surface area contributed by atoms with Crippen molar-refractivity contribution in [2.45, 2.75) is 9.79 Å². The van der Waals surface area contributed by atoms with Crippen molar-refractivity contribution in [2.75, 3.05) is 0 Å². The van der Waals surface area contributed by atoms with Crippen LogP contribution < -0.4 is 0 Å². The van der Waals surface area contributed by atoms with Crippen LogP contribution in [0.25, 0.3) is 0 Å². The lowest BCUT2D eigenvalue weighted by Gasteiger charge is -2.07. The van der Waals surface area contributed by atoms with Crippen molar-refractivity contribution in [2.24, 2.45) is 0 Å². The first-order valence-corrected chi connectivity index (χ1v) is 7.11. The Balaban J connectivity index is 2.54. The van der Waals surface area contributed by atoms with Crippen LogP contribution in [-0.2, 0) is 0 Å². The van der Waals surface area contributed by atoms with Gasteiger partial charge in [-0.15, -0.1) is 0 Å². The lowest BCUT2D eigenvalue weighted by molar-refractivity contribution is -0.388. The number of nitro groups is 1. The molecule has 0 aromatic heterocycles. The molecule has 0 aliphatic carbocycles. The van der Waals surface area contributed by atoms with Gasteiger partial charge in [-0.2, -0.15) is 0 Å². The van der Waals surface area contributed by atoms with Crippen LogP contribution in [0.1, 0.15) is 10.4 Å². The molecule has 0 atom stereocenters. The molecule has 0 spiro atoms. The van der Waals surface area contributed by atoms with Gasteiger partial charge in [0.1, 0.15) is 5.56 Å². The molecule has 108 valence electrons. The molecule has 0 unspecified atom stereocenters. The van der Waals surface area contributed by atoms with E-state index in [0.717, 1.165) is 11.8 Å². The highest BCUT2D eigenvalue weighted by molar-refractivity contribution is 7.99. The smallest absolute Gasteiger partial charge is 0.342 e. The molecule has 0 heterocycles. The van der Waals surface area contributed by atoms with Crippen LogP contribution in [0.4, 0.5) is 5.69 Å². The van der Waals surface area contributed by atoms with E-state index < -0.39 is 16.6 Å². The van der Waals surface area contributed by atoms with Crippen molar-refractivity contribution in [1.82, 2.24) is 0 Å². The van der Waals surface area contributed by atoms with Crippen molar-refractivity contribution < 1.29 is 14.8 Å². The van der Waals surface area contributed by atoms with Crippen LogP contribution >= 0.6 is 35.0 Å². The quantitative estimate of drug-likeness (QED) is 0.639. The largest absolute Gasteiger partial charge is 0.477 e. The Morgan fingerprint density at radius 2 is 1.90 bits per heavy atom. The minimum Gasteiger partial charge on any atom is -0.477 e. The number of carboxylic acids is 1. The van der Waals surface area contributed by atoms with Crippen LogP contribution in [0.3, 0.4) is 0 Å². The second-order valence-corrected chi connectivity index (χ2v) is 5.82. The molecule has 0 amide bonds. The Morgan fingerprint density at radius 3 is 2.52 bits per heavy atom. The Bertz CT molecular complexity index is 736. The lowest BCUT2D eigenvalue weighted by Crippen LogP contribution is -2.03. The predicted octanol–water partition coefficient (Wildman–Crippen LogP) is 4.75. The van der Waals surface area contributed by atoms with E-state index in [2.05, 4.69) is 0 Å². The highest BCUT2D eigenvalue weighted by atomic mass is 35.5. The summed E-state index contributed by atoms with van der Waals surface area (Å²) in [6.45, 7) is 0. The number of nitrogens with zero attached hydrogens (tertiary/aromatic N) is 1. The maximum Gasteiger partial charge on any atom is 0.342 e. The molecule has 0 fully saturated rings. The van der Waals surface area contributed by atoms with Crippen LogP contribution in [0.5, 0.6) is 0 Å². The minimum atomic E-state index is -1.36. The summed E-state index contributed by atoms with van der Waals surface area (Å²) < 4.78 is 0. The number of carboxylic acid groups (broad SMARTS) is 1. The molecule has 21 heavy (non-hydrogen) atoms. The van der Waals surface area contributed by atoms with Crippen molar-refractivity contribution >= 4 is 46.6 Å². The molecule has 5 nitrogen and oxygen atoms in total. The summed E-state index contributed by atoms with van der Waals surface area (Å²) in [4.78, 5) is 22.2. The van der Waals surface area contributed by atoms with Gasteiger partial charge >= 0.3 is 5.97 Å². The number of nitro benzene ring substituents is 1. The predicted molar refractivity (Wildman–Crippen MR) is 80.6 cm³/mol. The molecular formula is C13H7Cl2NO4S. The van der Waals surface area contributed by atoms with Gasteiger partial charge < -0.3 is 5.11 Å². The highest BCUT2D eigenvalue weighted by Gasteiger charge is 2.25. The standard InChI is InChI=1S/C13H7Cl2NO4S/c14-7-4-5-9(15)11(6-7)21-10-3-1-2-8(13(17)18)12(10)16(19)20/h1-6H,(H,17,18). The number of hydrogen-bond donors (Lipinski definition) is 1. The van der Waals surface area contributed by atoms with Gasteiger partial charge in [-0.25, -0.2) is 4.79 Å². The molecule has 2 rings (SSSR count). The fourth-order valence-electron chi connectivity index (χ4n) is 1.64. The summed E-state index contributed by atoms with van der Waals surface area (Å²) in [5.41, 5.74) is -0.839.